The highest BCUT2D eigenvalue weighted by molar-refractivity contribution is 6.35. The maximum Gasteiger partial charge on any atom is 0.356 e. The second-order valence-corrected chi connectivity index (χ2v) is 6.41. The summed E-state index contributed by atoms with van der Waals surface area (Å²) in [4.78, 5) is 11.5. The number of aromatic nitrogens is 2. The Morgan fingerprint density at radius 3 is 2.28 bits per heavy atom. The standard InChI is InChI=1S/C17H10Cl3FN2O2/c18-10-3-1-9(2-4-10)16-12(8-21)15(17(24)25)22-23(16)14-6-5-11(19)7-13(14)20/h1-7H,8H2,(H,24,25)/i21-1. The molecule has 0 saturated heterocycles. The maximum atomic E-state index is 13.7. The van der Waals surface area contributed by atoms with Crippen molar-refractivity contribution < 1.29 is 14.3 Å². The first-order chi connectivity index (χ1) is 11.9. The quantitative estimate of drug-likeness (QED) is 0.616. The molecule has 8 heteroatoms. The van der Waals surface area contributed by atoms with Gasteiger partial charge in [-0.3, -0.25) is 0 Å². The Balaban J connectivity index is 2.34. The van der Waals surface area contributed by atoms with Crippen molar-refractivity contribution in [2.24, 2.45) is 0 Å². The van der Waals surface area contributed by atoms with Gasteiger partial charge in [0.2, 0.25) is 0 Å². The SMILES string of the molecule is O=C(O)c1nn(-c2ccc(Cl)cc2Cl)c(-c2ccc(Cl)cc2)c1C[18F]. The molecule has 0 aliphatic heterocycles. The molecular formula is C17H10Cl3FN2O2. The number of hydrogen-bond donors (Lipinski definition) is 1. The number of carboxylic acids is 1. The van der Waals surface area contributed by atoms with E-state index in [4.69, 9.17) is 34.8 Å². The number of halogens is 4. The number of hydrogen-bond acceptors (Lipinski definition) is 2. The van der Waals surface area contributed by atoms with Crippen molar-refractivity contribution in [3.05, 3.63) is 68.8 Å². The van der Waals surface area contributed by atoms with E-state index in [1.165, 1.54) is 10.7 Å². The van der Waals surface area contributed by atoms with Crippen molar-refractivity contribution in [1.82, 2.24) is 9.78 Å². The minimum absolute atomic E-state index is 0.0409. The van der Waals surface area contributed by atoms with Gasteiger partial charge >= 0.3 is 5.97 Å². The molecule has 0 bridgehead atoms. The predicted molar refractivity (Wildman–Crippen MR) is 95.8 cm³/mol. The van der Waals surface area contributed by atoms with E-state index in [-0.39, 0.29) is 16.3 Å². The lowest BCUT2D eigenvalue weighted by molar-refractivity contribution is 0.0688. The Labute approximate surface area is 157 Å². The lowest BCUT2D eigenvalue weighted by Gasteiger charge is -2.11. The van der Waals surface area contributed by atoms with Crippen LogP contribution in [-0.4, -0.2) is 20.9 Å². The van der Waals surface area contributed by atoms with Gasteiger partial charge in [0.05, 0.1) is 16.4 Å². The fourth-order valence-electron chi connectivity index (χ4n) is 2.48. The summed E-state index contributed by atoms with van der Waals surface area (Å²) in [6, 6.07) is 11.2. The molecule has 0 atom stereocenters. The molecule has 1 heterocycles. The van der Waals surface area contributed by atoms with E-state index in [1.807, 2.05) is 0 Å². The van der Waals surface area contributed by atoms with Crippen LogP contribution < -0.4 is 0 Å². The van der Waals surface area contributed by atoms with Gasteiger partial charge in [-0.2, -0.15) is 5.10 Å². The molecule has 3 rings (SSSR count). The number of alkyl halides is 1. The smallest absolute Gasteiger partial charge is 0.356 e. The van der Waals surface area contributed by atoms with Gasteiger partial charge in [0.1, 0.15) is 6.67 Å². The molecule has 4 nitrogen and oxygen atoms in total. The van der Waals surface area contributed by atoms with Gasteiger partial charge in [-0.15, -0.1) is 0 Å². The second kappa shape index (κ2) is 7.04. The molecule has 0 aliphatic carbocycles. The first-order valence-corrected chi connectivity index (χ1v) is 8.18. The Morgan fingerprint density at radius 1 is 1.08 bits per heavy atom. The predicted octanol–water partition coefficient (Wildman–Crippen LogP) is 5.67. The number of benzene rings is 2. The van der Waals surface area contributed by atoms with E-state index in [0.717, 1.165) is 0 Å². The number of aromatic carboxylic acids is 1. The fraction of sp³-hybridized carbons (Fsp3) is 0.0588. The van der Waals surface area contributed by atoms with Crippen LogP contribution in [0.2, 0.25) is 15.1 Å². The number of carbonyl (C=O) groups is 1. The average molecular weight is 399 g/mol. The summed E-state index contributed by atoms with van der Waals surface area (Å²) < 4.78 is 15.0. The summed E-state index contributed by atoms with van der Waals surface area (Å²) in [5, 5.41) is 14.6. The van der Waals surface area contributed by atoms with E-state index in [1.54, 1.807) is 36.4 Å². The van der Waals surface area contributed by atoms with Crippen LogP contribution in [-0.2, 0) is 6.67 Å². The van der Waals surface area contributed by atoms with Gasteiger partial charge in [-0.25, -0.2) is 13.9 Å². The average Bonchev–Trinajstić information content (AvgIpc) is 2.95. The number of rotatable bonds is 4. The monoisotopic (exact) mass is 397 g/mol. The Kier molecular flexibility index (Phi) is 4.99. The Morgan fingerprint density at radius 2 is 1.72 bits per heavy atom. The number of nitrogens with zero attached hydrogens (tertiary/aromatic N) is 2. The van der Waals surface area contributed by atoms with Gasteiger partial charge in [-0.05, 0) is 30.3 Å². The molecule has 1 N–H and O–H groups in total. The second-order valence-electron chi connectivity index (χ2n) is 5.13. The molecular weight excluding hydrogens is 389 g/mol. The lowest BCUT2D eigenvalue weighted by atomic mass is 10.1. The highest BCUT2D eigenvalue weighted by Gasteiger charge is 2.25. The molecule has 128 valence electrons. The third kappa shape index (κ3) is 3.35. The highest BCUT2D eigenvalue weighted by Crippen LogP contribution is 2.34. The van der Waals surface area contributed by atoms with Crippen molar-refractivity contribution in [3.63, 3.8) is 0 Å². The highest BCUT2D eigenvalue weighted by atomic mass is 35.5. The molecule has 0 spiro atoms. The van der Waals surface area contributed by atoms with Gasteiger partial charge in [-0.1, -0.05) is 46.9 Å². The molecule has 0 radical (unpaired) electrons. The van der Waals surface area contributed by atoms with Gasteiger partial charge in [0, 0.05) is 21.2 Å². The largest absolute Gasteiger partial charge is 0.476 e. The molecule has 0 amide bonds. The van der Waals surface area contributed by atoms with E-state index >= 15 is 0 Å². The molecule has 0 fully saturated rings. The topological polar surface area (TPSA) is 55.1 Å². The van der Waals surface area contributed by atoms with Crippen LogP contribution in [0.1, 0.15) is 16.1 Å². The first kappa shape index (κ1) is 17.7. The van der Waals surface area contributed by atoms with Crippen LogP contribution >= 0.6 is 34.8 Å². The van der Waals surface area contributed by atoms with E-state index in [0.29, 0.717) is 27.0 Å². The van der Waals surface area contributed by atoms with Gasteiger partial charge in [0.15, 0.2) is 5.69 Å². The minimum Gasteiger partial charge on any atom is -0.476 e. The van der Waals surface area contributed by atoms with Crippen LogP contribution in [0.4, 0.5) is 4.39 Å². The van der Waals surface area contributed by atoms with Crippen LogP contribution in [0.5, 0.6) is 0 Å². The molecule has 3 aromatic rings. The lowest BCUT2D eigenvalue weighted by Crippen LogP contribution is -2.03. The zero-order chi connectivity index (χ0) is 18.1. The van der Waals surface area contributed by atoms with Crippen molar-refractivity contribution >= 4 is 40.8 Å². The summed E-state index contributed by atoms with van der Waals surface area (Å²) in [6.07, 6.45) is 0. The van der Waals surface area contributed by atoms with Crippen molar-refractivity contribution in [2.75, 3.05) is 0 Å². The van der Waals surface area contributed by atoms with Gasteiger partial charge < -0.3 is 5.11 Å². The molecule has 2 aromatic carbocycles. The van der Waals surface area contributed by atoms with Crippen LogP contribution in [0.15, 0.2) is 42.5 Å². The molecule has 1 aromatic heterocycles. The van der Waals surface area contributed by atoms with Gasteiger partial charge in [0.25, 0.3) is 0 Å². The van der Waals surface area contributed by atoms with Crippen LogP contribution in [0.25, 0.3) is 16.9 Å². The summed E-state index contributed by atoms with van der Waals surface area (Å²) in [7, 11) is 0. The zero-order valence-electron chi connectivity index (χ0n) is 12.5. The molecule has 0 saturated carbocycles. The van der Waals surface area contributed by atoms with Crippen molar-refractivity contribution in [3.8, 4) is 16.9 Å². The fourth-order valence-corrected chi connectivity index (χ4v) is 3.09. The van der Waals surface area contributed by atoms with Crippen molar-refractivity contribution in [1.29, 1.82) is 0 Å². The van der Waals surface area contributed by atoms with Crippen LogP contribution in [0, 0.1) is 0 Å². The normalized spacial score (nSPS) is 10.9. The summed E-state index contributed by atoms with van der Waals surface area (Å²) in [6.45, 7) is -0.995. The summed E-state index contributed by atoms with van der Waals surface area (Å²) in [5.74, 6) is -1.33. The maximum absolute atomic E-state index is 13.7. The molecule has 0 unspecified atom stereocenters. The van der Waals surface area contributed by atoms with E-state index < -0.39 is 12.6 Å². The summed E-state index contributed by atoms with van der Waals surface area (Å²) in [5.41, 5.74) is 0.821. The third-order valence-corrected chi connectivity index (χ3v) is 4.37. The number of carboxylic acid groups (broad SMARTS) is 1. The molecule has 0 aliphatic rings. The van der Waals surface area contributed by atoms with Crippen LogP contribution in [0.3, 0.4) is 0 Å². The third-order valence-electron chi connectivity index (χ3n) is 3.58. The summed E-state index contributed by atoms with van der Waals surface area (Å²) >= 11 is 18.0. The van der Waals surface area contributed by atoms with Crippen molar-refractivity contribution in [2.45, 2.75) is 6.67 Å². The zero-order valence-corrected chi connectivity index (χ0v) is 14.8. The molecule has 25 heavy (non-hydrogen) atoms. The Bertz CT molecular complexity index is 955. The Hall–Kier alpha value is -2.08. The van der Waals surface area contributed by atoms with E-state index in [9.17, 15) is 14.3 Å². The first-order valence-electron chi connectivity index (χ1n) is 7.05. The van der Waals surface area contributed by atoms with E-state index in [2.05, 4.69) is 5.10 Å². The minimum atomic E-state index is -1.33.